The molecule has 3 atom stereocenters. The van der Waals surface area contributed by atoms with E-state index in [0.717, 1.165) is 57.8 Å². The standard InChI is InChI=1S/C58H111N2O6P/c1-6-8-10-12-14-16-18-20-22-24-26-28-30-32-34-36-38-40-42-44-46-48-50-52-58(62)59-56(55-66-67(63,64)65-54-53-60(3,4)5)57(61)51-49-47-45-43-41-39-37-35-33-31-29-27-25-23-21-19-17-15-13-11-9-7-2/h18,20,24,26,30,32,49,51,56-57,61H,6-17,19,21-23,25,27-29,31,33-48,50,52-55H2,1-5H3,(H-,59,62,63,64)/p+1/b20-18-,26-24-,32-30-,51-49+. The summed E-state index contributed by atoms with van der Waals surface area (Å²) in [7, 11) is 1.57. The highest BCUT2D eigenvalue weighted by Crippen LogP contribution is 2.43. The molecule has 9 heteroatoms. The van der Waals surface area contributed by atoms with Gasteiger partial charge in [0.1, 0.15) is 13.2 Å². The fraction of sp³-hybridized carbons (Fsp3) is 0.845. The molecule has 0 fully saturated rings. The summed E-state index contributed by atoms with van der Waals surface area (Å²) >= 11 is 0. The molecule has 0 aromatic rings. The number of hydrogen-bond donors (Lipinski definition) is 3. The molecule has 3 unspecified atom stereocenters. The van der Waals surface area contributed by atoms with Crippen molar-refractivity contribution in [3.8, 4) is 0 Å². The van der Waals surface area contributed by atoms with Crippen LogP contribution in [0.3, 0.4) is 0 Å². The van der Waals surface area contributed by atoms with Crippen LogP contribution in [0.15, 0.2) is 48.6 Å². The number of likely N-dealkylation sites (N-methyl/N-ethyl adjacent to an activating group) is 1. The van der Waals surface area contributed by atoms with Gasteiger partial charge >= 0.3 is 7.82 Å². The third-order valence-electron chi connectivity index (χ3n) is 12.8. The number of aliphatic hydroxyl groups excluding tert-OH is 1. The molecular formula is C58H112N2O6P+. The zero-order chi connectivity index (χ0) is 49.2. The Bertz CT molecular complexity index is 1230. The lowest BCUT2D eigenvalue weighted by molar-refractivity contribution is -0.870. The van der Waals surface area contributed by atoms with Crippen LogP contribution in [0.4, 0.5) is 0 Å². The van der Waals surface area contributed by atoms with Crippen molar-refractivity contribution in [1.29, 1.82) is 0 Å². The number of hydrogen-bond acceptors (Lipinski definition) is 5. The minimum Gasteiger partial charge on any atom is -0.387 e. The first-order chi connectivity index (χ1) is 32.5. The molecule has 0 aliphatic carbocycles. The second-order valence-electron chi connectivity index (χ2n) is 20.7. The molecule has 0 aromatic carbocycles. The maximum absolute atomic E-state index is 13.0. The van der Waals surface area contributed by atoms with Crippen molar-refractivity contribution in [3.05, 3.63) is 48.6 Å². The lowest BCUT2D eigenvalue weighted by Gasteiger charge is -2.25. The Hall–Kier alpha value is -1.54. The van der Waals surface area contributed by atoms with Crippen LogP contribution in [0.1, 0.15) is 264 Å². The molecule has 0 rings (SSSR count). The van der Waals surface area contributed by atoms with Gasteiger partial charge in [-0.25, -0.2) is 4.57 Å². The summed E-state index contributed by atoms with van der Waals surface area (Å²) in [5.74, 6) is -0.183. The van der Waals surface area contributed by atoms with Gasteiger partial charge in [0.2, 0.25) is 5.91 Å². The first-order valence-corrected chi connectivity index (χ1v) is 30.0. The molecule has 394 valence electrons. The summed E-state index contributed by atoms with van der Waals surface area (Å²) in [6, 6.07) is -0.852. The van der Waals surface area contributed by atoms with E-state index in [1.165, 1.54) is 186 Å². The molecule has 0 aliphatic heterocycles. The van der Waals surface area contributed by atoms with E-state index >= 15 is 0 Å². The summed E-state index contributed by atoms with van der Waals surface area (Å²) in [6.45, 7) is 4.82. The first-order valence-electron chi connectivity index (χ1n) is 28.5. The number of quaternary nitrogens is 1. The Kier molecular flexibility index (Phi) is 48.3. The van der Waals surface area contributed by atoms with Crippen molar-refractivity contribution >= 4 is 13.7 Å². The molecule has 0 bridgehead atoms. The van der Waals surface area contributed by atoms with Crippen molar-refractivity contribution in [2.75, 3.05) is 40.9 Å². The Morgan fingerprint density at radius 2 is 0.851 bits per heavy atom. The minimum absolute atomic E-state index is 0.0591. The number of aliphatic hydroxyl groups is 1. The van der Waals surface area contributed by atoms with Crippen molar-refractivity contribution in [2.24, 2.45) is 0 Å². The number of nitrogens with one attached hydrogen (secondary N) is 1. The van der Waals surface area contributed by atoms with E-state index in [4.69, 9.17) is 9.05 Å². The van der Waals surface area contributed by atoms with Crippen LogP contribution in [-0.2, 0) is 18.4 Å². The minimum atomic E-state index is -4.35. The second kappa shape index (κ2) is 49.4. The fourth-order valence-electron chi connectivity index (χ4n) is 8.29. The van der Waals surface area contributed by atoms with Crippen LogP contribution in [0.2, 0.25) is 0 Å². The molecule has 67 heavy (non-hydrogen) atoms. The van der Waals surface area contributed by atoms with Crippen molar-refractivity contribution < 1.29 is 32.9 Å². The van der Waals surface area contributed by atoms with Gasteiger partial charge in [0, 0.05) is 6.42 Å². The molecule has 0 spiro atoms. The van der Waals surface area contributed by atoms with E-state index in [9.17, 15) is 19.4 Å². The Morgan fingerprint density at radius 3 is 1.24 bits per heavy atom. The third-order valence-corrected chi connectivity index (χ3v) is 13.8. The van der Waals surface area contributed by atoms with Gasteiger partial charge in [0.05, 0.1) is 39.9 Å². The molecule has 0 radical (unpaired) electrons. The Morgan fingerprint density at radius 1 is 0.507 bits per heavy atom. The van der Waals surface area contributed by atoms with Crippen LogP contribution in [0, 0.1) is 0 Å². The smallest absolute Gasteiger partial charge is 0.387 e. The van der Waals surface area contributed by atoms with E-state index in [2.05, 4.69) is 55.6 Å². The molecule has 0 heterocycles. The highest BCUT2D eigenvalue weighted by atomic mass is 31.2. The first kappa shape index (κ1) is 65.5. The van der Waals surface area contributed by atoms with E-state index < -0.39 is 20.0 Å². The number of rotatable bonds is 52. The molecular weight excluding hydrogens is 852 g/mol. The molecule has 0 saturated heterocycles. The quantitative estimate of drug-likeness (QED) is 0.0243. The fourth-order valence-corrected chi connectivity index (χ4v) is 9.02. The Labute approximate surface area is 416 Å². The summed E-state index contributed by atoms with van der Waals surface area (Å²) in [4.78, 5) is 23.3. The van der Waals surface area contributed by atoms with E-state index in [0.29, 0.717) is 17.4 Å². The van der Waals surface area contributed by atoms with Crippen LogP contribution >= 0.6 is 7.82 Å². The molecule has 3 N–H and O–H groups in total. The summed E-state index contributed by atoms with van der Waals surface area (Å²) in [5, 5.41) is 13.9. The van der Waals surface area contributed by atoms with Crippen molar-refractivity contribution in [3.63, 3.8) is 0 Å². The summed E-state index contributed by atoms with van der Waals surface area (Å²) in [6.07, 6.45) is 64.8. The molecule has 0 aromatic heterocycles. The van der Waals surface area contributed by atoms with Gasteiger partial charge in [-0.2, -0.15) is 0 Å². The number of allylic oxidation sites excluding steroid dienone is 7. The van der Waals surface area contributed by atoms with Gasteiger partial charge in [0.25, 0.3) is 0 Å². The van der Waals surface area contributed by atoms with E-state index in [1.807, 2.05) is 27.2 Å². The highest BCUT2D eigenvalue weighted by Gasteiger charge is 2.27. The zero-order valence-electron chi connectivity index (χ0n) is 44.9. The maximum Gasteiger partial charge on any atom is 0.472 e. The largest absolute Gasteiger partial charge is 0.472 e. The number of carbonyl (C=O) groups is 1. The van der Waals surface area contributed by atoms with Crippen LogP contribution in [-0.4, -0.2) is 73.4 Å². The summed E-state index contributed by atoms with van der Waals surface area (Å²) < 4.78 is 23.7. The normalized spacial score (nSPS) is 14.3. The second-order valence-corrected chi connectivity index (χ2v) is 22.1. The van der Waals surface area contributed by atoms with E-state index in [1.54, 1.807) is 6.08 Å². The SMILES string of the molecule is CCCCCCC/C=C\C/C=C\C/C=C\CCCCCCCCCCC(=O)NC(COP(=O)(O)OCC[N+](C)(C)C)C(O)/C=C/CCCCCCCCCCCCCCCCCCCCCC. The molecule has 1 amide bonds. The molecule has 8 nitrogen and oxygen atoms in total. The number of carbonyl (C=O) groups excluding carboxylic acids is 1. The molecule has 0 aliphatic rings. The number of phosphoric acid groups is 1. The average Bonchev–Trinajstić information content (AvgIpc) is 3.29. The third kappa shape index (κ3) is 52.1. The van der Waals surface area contributed by atoms with Crippen LogP contribution < -0.4 is 5.32 Å². The van der Waals surface area contributed by atoms with Gasteiger partial charge < -0.3 is 19.8 Å². The number of unbranched alkanes of at least 4 members (excludes halogenated alkanes) is 33. The predicted octanol–water partition coefficient (Wildman–Crippen LogP) is 17.2. The van der Waals surface area contributed by atoms with Gasteiger partial charge in [-0.05, 0) is 57.8 Å². The van der Waals surface area contributed by atoms with E-state index in [-0.39, 0.29) is 19.1 Å². The number of phosphoric ester groups is 1. The van der Waals surface area contributed by atoms with Crippen molar-refractivity contribution in [2.45, 2.75) is 276 Å². The average molecular weight is 965 g/mol. The number of nitrogens with zero attached hydrogens (tertiary/aromatic N) is 1. The maximum atomic E-state index is 13.0. The van der Waals surface area contributed by atoms with Crippen LogP contribution in [0.5, 0.6) is 0 Å². The van der Waals surface area contributed by atoms with Gasteiger partial charge in [-0.1, -0.05) is 249 Å². The Balaban J connectivity index is 4.26. The van der Waals surface area contributed by atoms with Crippen LogP contribution in [0.25, 0.3) is 0 Å². The lowest BCUT2D eigenvalue weighted by Crippen LogP contribution is -2.45. The predicted molar refractivity (Wildman–Crippen MR) is 291 cm³/mol. The highest BCUT2D eigenvalue weighted by molar-refractivity contribution is 7.47. The van der Waals surface area contributed by atoms with Crippen molar-refractivity contribution in [1.82, 2.24) is 5.32 Å². The van der Waals surface area contributed by atoms with Gasteiger partial charge in [-0.3, -0.25) is 13.8 Å². The zero-order valence-corrected chi connectivity index (χ0v) is 45.8. The molecule has 0 saturated carbocycles. The number of amides is 1. The topological polar surface area (TPSA) is 105 Å². The van der Waals surface area contributed by atoms with Gasteiger partial charge in [0.15, 0.2) is 0 Å². The lowest BCUT2D eigenvalue weighted by atomic mass is 10.0. The summed E-state index contributed by atoms with van der Waals surface area (Å²) in [5.41, 5.74) is 0. The van der Waals surface area contributed by atoms with Gasteiger partial charge in [-0.15, -0.1) is 0 Å². The monoisotopic (exact) mass is 964 g/mol.